The molecule has 5 nitrogen and oxygen atoms in total. The van der Waals surface area contributed by atoms with E-state index in [-0.39, 0.29) is 6.54 Å². The van der Waals surface area contributed by atoms with Crippen molar-refractivity contribution in [3.8, 4) is 5.75 Å². The molecule has 2 aromatic carbocycles. The van der Waals surface area contributed by atoms with Gasteiger partial charge in [0.05, 0.1) is 18.5 Å². The first-order chi connectivity index (χ1) is 12.2. The summed E-state index contributed by atoms with van der Waals surface area (Å²) in [5.74, 6) is 1.33. The van der Waals surface area contributed by atoms with E-state index in [4.69, 9.17) is 33.7 Å². The second kappa shape index (κ2) is 7.70. The summed E-state index contributed by atoms with van der Waals surface area (Å²) in [5.41, 5.74) is 8.24. The molecule has 0 bridgehead atoms. The van der Waals surface area contributed by atoms with Gasteiger partial charge in [0.25, 0.3) is 0 Å². The Labute approximate surface area is 156 Å². The highest BCUT2D eigenvalue weighted by Gasteiger charge is 2.21. The van der Waals surface area contributed by atoms with Gasteiger partial charge in [0.15, 0.2) is 0 Å². The molecule has 1 aromatic heterocycles. The van der Waals surface area contributed by atoms with E-state index in [1.54, 1.807) is 25.4 Å². The number of para-hydroxylation sites is 2. The summed E-state index contributed by atoms with van der Waals surface area (Å²) in [4.78, 5) is 10.3. The van der Waals surface area contributed by atoms with Gasteiger partial charge in [0.1, 0.15) is 17.9 Å². The summed E-state index contributed by atoms with van der Waals surface area (Å²) in [5, 5.41) is 1.00. The quantitative estimate of drug-likeness (QED) is 0.699. The van der Waals surface area contributed by atoms with Gasteiger partial charge in [0.2, 0.25) is 0 Å². The summed E-state index contributed by atoms with van der Waals surface area (Å²) < 4.78 is 5.52. The number of aromatic nitrogens is 2. The molecule has 0 amide bonds. The van der Waals surface area contributed by atoms with Crippen molar-refractivity contribution in [3.05, 3.63) is 70.6 Å². The summed E-state index contributed by atoms with van der Waals surface area (Å²) in [6.45, 7) is 0.252. The topological polar surface area (TPSA) is 64.3 Å². The van der Waals surface area contributed by atoms with Crippen LogP contribution in [0, 0.1) is 0 Å². The number of methoxy groups -OCH3 is 1. The van der Waals surface area contributed by atoms with Crippen LogP contribution in [0.5, 0.6) is 5.75 Å². The fourth-order valence-corrected chi connectivity index (χ4v) is 3.16. The Kier molecular flexibility index (Phi) is 5.38. The van der Waals surface area contributed by atoms with Crippen LogP contribution < -0.4 is 15.4 Å². The first-order valence-corrected chi connectivity index (χ1v) is 8.28. The molecule has 3 aromatic rings. The molecule has 0 aliphatic rings. The number of halogens is 2. The first kappa shape index (κ1) is 17.5. The number of hydrogen-bond donors (Lipinski definition) is 1. The van der Waals surface area contributed by atoms with Crippen LogP contribution in [-0.4, -0.2) is 17.1 Å². The fraction of sp³-hybridized carbons (Fsp3) is 0.111. The maximum Gasteiger partial charge on any atom is 0.142 e. The molecule has 128 valence electrons. The minimum atomic E-state index is 0.252. The molecule has 0 saturated heterocycles. The van der Waals surface area contributed by atoms with Crippen molar-refractivity contribution in [2.24, 2.45) is 5.73 Å². The van der Waals surface area contributed by atoms with Crippen molar-refractivity contribution < 1.29 is 4.74 Å². The minimum absolute atomic E-state index is 0.252. The molecule has 1 heterocycles. The Balaban J connectivity index is 2.30. The van der Waals surface area contributed by atoms with Crippen LogP contribution in [0.4, 0.5) is 17.2 Å². The zero-order valence-electron chi connectivity index (χ0n) is 13.5. The molecule has 0 radical (unpaired) electrons. The molecule has 0 unspecified atom stereocenters. The molecule has 0 saturated carbocycles. The minimum Gasteiger partial charge on any atom is -0.495 e. The van der Waals surface area contributed by atoms with Crippen molar-refractivity contribution in [2.75, 3.05) is 12.0 Å². The van der Waals surface area contributed by atoms with Gasteiger partial charge in [-0.3, -0.25) is 4.90 Å². The number of rotatable bonds is 5. The highest BCUT2D eigenvalue weighted by atomic mass is 35.5. The summed E-state index contributed by atoms with van der Waals surface area (Å²) in [6, 6.07) is 12.9. The third kappa shape index (κ3) is 3.54. The SMILES string of the molecule is COc1ccccc1N(c1ccncn1)c1cc(Cl)cc(Cl)c1CN. The van der Waals surface area contributed by atoms with Crippen LogP contribution in [0.1, 0.15) is 5.56 Å². The molecule has 0 fully saturated rings. The lowest BCUT2D eigenvalue weighted by Crippen LogP contribution is -2.16. The normalized spacial score (nSPS) is 10.6. The number of benzene rings is 2. The fourth-order valence-electron chi connectivity index (χ4n) is 2.60. The van der Waals surface area contributed by atoms with E-state index in [2.05, 4.69) is 9.97 Å². The predicted octanol–water partition coefficient (Wildman–Crippen LogP) is 4.72. The van der Waals surface area contributed by atoms with Crippen LogP contribution in [0.2, 0.25) is 10.0 Å². The molecule has 7 heteroatoms. The van der Waals surface area contributed by atoms with Crippen LogP contribution in [0.15, 0.2) is 55.0 Å². The second-order valence-corrected chi connectivity index (χ2v) is 6.01. The van der Waals surface area contributed by atoms with Crippen molar-refractivity contribution in [2.45, 2.75) is 6.54 Å². The van der Waals surface area contributed by atoms with Gasteiger partial charge in [0, 0.05) is 28.4 Å². The molecule has 0 atom stereocenters. The highest BCUT2D eigenvalue weighted by Crippen LogP contribution is 2.42. The Bertz CT molecular complexity index is 874. The molecular weight excluding hydrogens is 359 g/mol. The van der Waals surface area contributed by atoms with Crippen molar-refractivity contribution >= 4 is 40.4 Å². The van der Waals surface area contributed by atoms with Crippen molar-refractivity contribution in [1.82, 2.24) is 9.97 Å². The van der Waals surface area contributed by atoms with E-state index < -0.39 is 0 Å². The van der Waals surface area contributed by atoms with Crippen LogP contribution in [0.25, 0.3) is 0 Å². The van der Waals surface area contributed by atoms with Crippen LogP contribution in [0.3, 0.4) is 0 Å². The zero-order valence-corrected chi connectivity index (χ0v) is 15.0. The van der Waals surface area contributed by atoms with E-state index in [0.29, 0.717) is 21.6 Å². The van der Waals surface area contributed by atoms with Gasteiger partial charge in [-0.05, 0) is 30.3 Å². The average molecular weight is 375 g/mol. The smallest absolute Gasteiger partial charge is 0.142 e. The Morgan fingerprint density at radius 3 is 2.60 bits per heavy atom. The molecule has 3 rings (SSSR count). The van der Waals surface area contributed by atoms with E-state index in [1.807, 2.05) is 35.2 Å². The number of hydrogen-bond acceptors (Lipinski definition) is 5. The lowest BCUT2D eigenvalue weighted by atomic mass is 10.1. The van der Waals surface area contributed by atoms with Gasteiger partial charge < -0.3 is 10.5 Å². The second-order valence-electron chi connectivity index (χ2n) is 5.16. The highest BCUT2D eigenvalue weighted by molar-refractivity contribution is 6.35. The maximum atomic E-state index is 6.37. The van der Waals surface area contributed by atoms with Crippen LogP contribution in [-0.2, 0) is 6.54 Å². The molecule has 0 aliphatic heterocycles. The van der Waals surface area contributed by atoms with Gasteiger partial charge in [-0.15, -0.1) is 0 Å². The number of anilines is 3. The lowest BCUT2D eigenvalue weighted by Gasteiger charge is -2.28. The molecule has 25 heavy (non-hydrogen) atoms. The Hall–Kier alpha value is -2.34. The first-order valence-electron chi connectivity index (χ1n) is 7.53. The monoisotopic (exact) mass is 374 g/mol. The van der Waals surface area contributed by atoms with E-state index in [9.17, 15) is 0 Å². The molecule has 0 aliphatic carbocycles. The van der Waals surface area contributed by atoms with Gasteiger partial charge in [-0.2, -0.15) is 0 Å². The van der Waals surface area contributed by atoms with E-state index in [0.717, 1.165) is 16.9 Å². The van der Waals surface area contributed by atoms with Crippen molar-refractivity contribution in [1.29, 1.82) is 0 Å². The van der Waals surface area contributed by atoms with Crippen LogP contribution >= 0.6 is 23.2 Å². The average Bonchev–Trinajstić information content (AvgIpc) is 2.63. The molecular formula is C18H16Cl2N4O. The standard InChI is InChI=1S/C18H16Cl2N4O/c1-25-17-5-3-2-4-15(17)24(18-6-7-22-11-23-18)16-9-12(19)8-14(20)13(16)10-21/h2-9,11H,10,21H2,1H3. The zero-order chi connectivity index (χ0) is 17.8. The Morgan fingerprint density at radius 1 is 1.12 bits per heavy atom. The Morgan fingerprint density at radius 2 is 1.92 bits per heavy atom. The predicted molar refractivity (Wildman–Crippen MR) is 101 cm³/mol. The third-order valence-electron chi connectivity index (χ3n) is 3.70. The summed E-state index contributed by atoms with van der Waals surface area (Å²) in [7, 11) is 1.62. The number of nitrogens with zero attached hydrogens (tertiary/aromatic N) is 3. The number of ether oxygens (including phenoxy) is 1. The lowest BCUT2D eigenvalue weighted by molar-refractivity contribution is 0.416. The summed E-state index contributed by atoms with van der Waals surface area (Å²) >= 11 is 12.6. The summed E-state index contributed by atoms with van der Waals surface area (Å²) in [6.07, 6.45) is 3.14. The van der Waals surface area contributed by atoms with Gasteiger partial charge in [-0.25, -0.2) is 9.97 Å². The molecule has 0 spiro atoms. The van der Waals surface area contributed by atoms with E-state index >= 15 is 0 Å². The maximum absolute atomic E-state index is 6.37. The third-order valence-corrected chi connectivity index (χ3v) is 4.26. The number of nitrogens with two attached hydrogens (primary N) is 1. The molecule has 2 N–H and O–H groups in total. The van der Waals surface area contributed by atoms with Crippen molar-refractivity contribution in [3.63, 3.8) is 0 Å². The largest absolute Gasteiger partial charge is 0.495 e. The van der Waals surface area contributed by atoms with E-state index in [1.165, 1.54) is 6.33 Å². The van der Waals surface area contributed by atoms with Gasteiger partial charge >= 0.3 is 0 Å². The van der Waals surface area contributed by atoms with Gasteiger partial charge in [-0.1, -0.05) is 35.3 Å².